The van der Waals surface area contributed by atoms with E-state index in [0.29, 0.717) is 31.8 Å². The van der Waals surface area contributed by atoms with Gasteiger partial charge in [-0.3, -0.25) is 9.59 Å². The van der Waals surface area contributed by atoms with Gasteiger partial charge in [-0.2, -0.15) is 0 Å². The summed E-state index contributed by atoms with van der Waals surface area (Å²) >= 11 is 0. The van der Waals surface area contributed by atoms with E-state index in [4.69, 9.17) is 4.74 Å². The highest BCUT2D eigenvalue weighted by Crippen LogP contribution is 2.33. The lowest BCUT2D eigenvalue weighted by Crippen LogP contribution is -2.45. The van der Waals surface area contributed by atoms with Crippen LogP contribution in [0.4, 0.5) is 0 Å². The first-order valence-corrected chi connectivity index (χ1v) is 9.04. The SMILES string of the molecule is CC(C)(C)[C@H]1OCCC[C@@H]1CNC(=O)CCCNC(=O)C1CC1. The molecule has 2 amide bonds. The summed E-state index contributed by atoms with van der Waals surface area (Å²) < 4.78 is 5.94. The van der Waals surface area contributed by atoms with Gasteiger partial charge in [0.25, 0.3) is 0 Å². The molecule has 2 aliphatic rings. The lowest BCUT2D eigenvalue weighted by Gasteiger charge is -2.40. The van der Waals surface area contributed by atoms with Gasteiger partial charge in [-0.15, -0.1) is 0 Å². The summed E-state index contributed by atoms with van der Waals surface area (Å²) in [6.45, 7) is 8.70. The fraction of sp³-hybridized carbons (Fsp3) is 0.889. The molecular weight excluding hydrogens is 292 g/mol. The fourth-order valence-electron chi connectivity index (χ4n) is 3.29. The Bertz CT molecular complexity index is 413. The molecule has 0 radical (unpaired) electrons. The summed E-state index contributed by atoms with van der Waals surface area (Å²) in [5, 5.41) is 5.94. The number of amides is 2. The summed E-state index contributed by atoms with van der Waals surface area (Å²) in [7, 11) is 0. The van der Waals surface area contributed by atoms with Gasteiger partial charge in [0, 0.05) is 38.0 Å². The summed E-state index contributed by atoms with van der Waals surface area (Å²) in [5.74, 6) is 0.855. The van der Waals surface area contributed by atoms with Crippen LogP contribution in [-0.2, 0) is 14.3 Å². The molecule has 1 aliphatic carbocycles. The second kappa shape index (κ2) is 8.13. The molecule has 0 aromatic rings. The van der Waals surface area contributed by atoms with Crippen LogP contribution in [0.25, 0.3) is 0 Å². The average Bonchev–Trinajstić information content (AvgIpc) is 3.33. The fourth-order valence-corrected chi connectivity index (χ4v) is 3.29. The van der Waals surface area contributed by atoms with Crippen molar-refractivity contribution in [1.29, 1.82) is 0 Å². The third-order valence-electron chi connectivity index (χ3n) is 4.69. The Hall–Kier alpha value is -1.10. The number of nitrogens with one attached hydrogen (secondary N) is 2. The van der Waals surface area contributed by atoms with E-state index in [1.54, 1.807) is 0 Å². The minimum absolute atomic E-state index is 0.0731. The standard InChI is InChI=1S/C18H32N2O3/c1-18(2,3)16-14(6-5-11-23-16)12-20-15(21)7-4-10-19-17(22)13-8-9-13/h13-14,16H,4-12H2,1-3H3,(H,19,22)(H,20,21)/t14-,16+/m1/s1. The van der Waals surface area contributed by atoms with Gasteiger partial charge in [0.1, 0.15) is 0 Å². The number of carbonyl (C=O) groups excluding carboxylic acids is 2. The molecule has 1 saturated carbocycles. The van der Waals surface area contributed by atoms with Crippen molar-refractivity contribution in [2.45, 2.75) is 65.4 Å². The molecule has 5 nitrogen and oxygen atoms in total. The molecule has 1 saturated heterocycles. The van der Waals surface area contributed by atoms with Crippen molar-refractivity contribution < 1.29 is 14.3 Å². The van der Waals surface area contributed by atoms with Crippen molar-refractivity contribution in [2.24, 2.45) is 17.3 Å². The third kappa shape index (κ3) is 6.13. The van der Waals surface area contributed by atoms with E-state index in [9.17, 15) is 9.59 Å². The van der Waals surface area contributed by atoms with E-state index in [2.05, 4.69) is 31.4 Å². The highest BCUT2D eigenvalue weighted by atomic mass is 16.5. The summed E-state index contributed by atoms with van der Waals surface area (Å²) in [4.78, 5) is 23.5. The lowest BCUT2D eigenvalue weighted by molar-refractivity contribution is -0.124. The maximum absolute atomic E-state index is 12.0. The molecule has 0 aromatic heterocycles. The average molecular weight is 324 g/mol. The lowest BCUT2D eigenvalue weighted by atomic mass is 9.78. The number of rotatable bonds is 7. The van der Waals surface area contributed by atoms with E-state index in [1.165, 1.54) is 0 Å². The second-order valence-corrected chi connectivity index (χ2v) is 8.03. The van der Waals surface area contributed by atoms with E-state index < -0.39 is 0 Å². The topological polar surface area (TPSA) is 67.4 Å². The van der Waals surface area contributed by atoms with Gasteiger partial charge >= 0.3 is 0 Å². The smallest absolute Gasteiger partial charge is 0.223 e. The molecule has 23 heavy (non-hydrogen) atoms. The molecule has 1 heterocycles. The Morgan fingerprint density at radius 3 is 2.52 bits per heavy atom. The highest BCUT2D eigenvalue weighted by Gasteiger charge is 2.35. The predicted molar refractivity (Wildman–Crippen MR) is 89.9 cm³/mol. The molecule has 0 unspecified atom stereocenters. The van der Waals surface area contributed by atoms with Crippen LogP contribution < -0.4 is 10.6 Å². The Labute approximate surface area is 139 Å². The largest absolute Gasteiger partial charge is 0.377 e. The third-order valence-corrected chi connectivity index (χ3v) is 4.69. The van der Waals surface area contributed by atoms with Gasteiger partial charge in [0.15, 0.2) is 0 Å². The van der Waals surface area contributed by atoms with Crippen LogP contribution in [0.3, 0.4) is 0 Å². The number of hydrogen-bond acceptors (Lipinski definition) is 3. The van der Waals surface area contributed by atoms with E-state index in [1.807, 2.05) is 0 Å². The molecule has 0 spiro atoms. The van der Waals surface area contributed by atoms with Gasteiger partial charge in [-0.05, 0) is 37.5 Å². The second-order valence-electron chi connectivity index (χ2n) is 8.03. The molecular formula is C18H32N2O3. The Balaban J connectivity index is 1.61. The summed E-state index contributed by atoms with van der Waals surface area (Å²) in [6.07, 6.45) is 5.59. The molecule has 2 N–H and O–H groups in total. The summed E-state index contributed by atoms with van der Waals surface area (Å²) in [5.41, 5.74) is 0.100. The number of hydrogen-bond donors (Lipinski definition) is 2. The Kier molecular flexibility index (Phi) is 6.45. The number of carbonyl (C=O) groups is 2. The zero-order valence-electron chi connectivity index (χ0n) is 14.8. The normalized spacial score (nSPS) is 25.0. The van der Waals surface area contributed by atoms with Crippen molar-refractivity contribution in [3.63, 3.8) is 0 Å². The summed E-state index contributed by atoms with van der Waals surface area (Å²) in [6, 6.07) is 0. The van der Waals surface area contributed by atoms with Crippen molar-refractivity contribution in [3.8, 4) is 0 Å². The monoisotopic (exact) mass is 324 g/mol. The van der Waals surface area contributed by atoms with Crippen LogP contribution in [-0.4, -0.2) is 37.6 Å². The van der Waals surface area contributed by atoms with Crippen LogP contribution in [0.15, 0.2) is 0 Å². The molecule has 1 aliphatic heterocycles. The molecule has 2 rings (SSSR count). The van der Waals surface area contributed by atoms with E-state index >= 15 is 0 Å². The predicted octanol–water partition coefficient (Wildman–Crippen LogP) is 2.25. The molecule has 2 atom stereocenters. The van der Waals surface area contributed by atoms with Crippen LogP contribution in [0.5, 0.6) is 0 Å². The van der Waals surface area contributed by atoms with Crippen LogP contribution in [0.1, 0.15) is 59.3 Å². The Morgan fingerprint density at radius 2 is 1.87 bits per heavy atom. The van der Waals surface area contributed by atoms with Crippen molar-refractivity contribution >= 4 is 11.8 Å². The van der Waals surface area contributed by atoms with Gasteiger partial charge in [0.2, 0.25) is 11.8 Å². The van der Waals surface area contributed by atoms with Crippen molar-refractivity contribution in [3.05, 3.63) is 0 Å². The molecule has 2 fully saturated rings. The highest BCUT2D eigenvalue weighted by molar-refractivity contribution is 5.81. The van der Waals surface area contributed by atoms with Crippen molar-refractivity contribution in [2.75, 3.05) is 19.7 Å². The van der Waals surface area contributed by atoms with E-state index in [-0.39, 0.29) is 29.3 Å². The zero-order valence-corrected chi connectivity index (χ0v) is 14.8. The number of ether oxygens (including phenoxy) is 1. The molecule has 132 valence electrons. The molecule has 0 aromatic carbocycles. The first-order chi connectivity index (χ1) is 10.9. The van der Waals surface area contributed by atoms with E-state index in [0.717, 1.165) is 32.3 Å². The molecule has 5 heteroatoms. The zero-order chi connectivity index (χ0) is 16.9. The maximum atomic E-state index is 12.0. The molecule has 0 bridgehead atoms. The van der Waals surface area contributed by atoms with Crippen molar-refractivity contribution in [1.82, 2.24) is 10.6 Å². The minimum Gasteiger partial charge on any atom is -0.377 e. The first kappa shape index (κ1) is 18.2. The van der Waals surface area contributed by atoms with Gasteiger partial charge < -0.3 is 15.4 Å². The maximum Gasteiger partial charge on any atom is 0.223 e. The minimum atomic E-state index is 0.0731. The van der Waals surface area contributed by atoms with Crippen LogP contribution in [0.2, 0.25) is 0 Å². The van der Waals surface area contributed by atoms with Crippen LogP contribution >= 0.6 is 0 Å². The quantitative estimate of drug-likeness (QED) is 0.706. The first-order valence-electron chi connectivity index (χ1n) is 9.04. The van der Waals surface area contributed by atoms with Gasteiger partial charge in [-0.1, -0.05) is 20.8 Å². The van der Waals surface area contributed by atoms with Crippen LogP contribution in [0, 0.1) is 17.3 Å². The Morgan fingerprint density at radius 1 is 1.13 bits per heavy atom. The van der Waals surface area contributed by atoms with Gasteiger partial charge in [0.05, 0.1) is 6.10 Å². The van der Waals surface area contributed by atoms with Gasteiger partial charge in [-0.25, -0.2) is 0 Å².